The van der Waals surface area contributed by atoms with Crippen LogP contribution >= 0.6 is 0 Å². The Balaban J connectivity index is 2.22. The zero-order valence-electron chi connectivity index (χ0n) is 9.25. The molecule has 0 amide bonds. The van der Waals surface area contributed by atoms with Crippen LogP contribution in [0.25, 0.3) is 0 Å². The molecule has 0 aliphatic heterocycles. The monoisotopic (exact) mass is 228 g/mol. The van der Waals surface area contributed by atoms with Crippen LogP contribution in [0.4, 0.5) is 11.4 Å². The third-order valence-corrected chi connectivity index (χ3v) is 2.28. The van der Waals surface area contributed by atoms with E-state index in [2.05, 4.69) is 5.32 Å². The minimum Gasteiger partial charge on any atom is -0.371 e. The highest BCUT2D eigenvalue weighted by molar-refractivity contribution is 5.88. The Morgan fingerprint density at radius 1 is 0.941 bits per heavy atom. The van der Waals surface area contributed by atoms with Gasteiger partial charge in [-0.3, -0.25) is 5.73 Å². The summed E-state index contributed by atoms with van der Waals surface area (Å²) >= 11 is 0. The second-order valence-electron chi connectivity index (χ2n) is 3.52. The number of rotatable bonds is 2. The number of nitrogens with one attached hydrogen (secondary N) is 1. The van der Waals surface area contributed by atoms with E-state index < -0.39 is 0 Å². The SMILES string of the molecule is NC(Nc1ccccc1)=[N+](O)c1ccccc1. The van der Waals surface area contributed by atoms with E-state index in [1.54, 1.807) is 12.1 Å². The van der Waals surface area contributed by atoms with Crippen LogP contribution in [0, 0.1) is 0 Å². The number of hydrogen-bond donors (Lipinski definition) is 3. The molecular weight excluding hydrogens is 214 g/mol. The molecule has 86 valence electrons. The van der Waals surface area contributed by atoms with E-state index in [0.29, 0.717) is 5.69 Å². The number of para-hydroxylation sites is 2. The van der Waals surface area contributed by atoms with Crippen LogP contribution in [0.2, 0.25) is 0 Å². The molecule has 0 saturated carbocycles. The van der Waals surface area contributed by atoms with E-state index in [4.69, 9.17) is 5.73 Å². The van der Waals surface area contributed by atoms with Gasteiger partial charge in [-0.15, -0.1) is 0 Å². The predicted octanol–water partition coefficient (Wildman–Crippen LogP) is 2.15. The summed E-state index contributed by atoms with van der Waals surface area (Å²) in [6.07, 6.45) is 0. The minimum absolute atomic E-state index is 0.155. The van der Waals surface area contributed by atoms with Crippen molar-refractivity contribution in [1.29, 1.82) is 0 Å². The number of hydrogen-bond acceptors (Lipinski definition) is 1. The fourth-order valence-corrected chi connectivity index (χ4v) is 1.43. The normalized spacial score (nSPS) is 11.8. The van der Waals surface area contributed by atoms with Crippen molar-refractivity contribution in [1.82, 2.24) is 0 Å². The van der Waals surface area contributed by atoms with Crippen molar-refractivity contribution < 1.29 is 9.95 Å². The van der Waals surface area contributed by atoms with Gasteiger partial charge in [-0.1, -0.05) is 41.1 Å². The van der Waals surface area contributed by atoms with Crippen LogP contribution in [0.15, 0.2) is 60.7 Å². The second kappa shape index (κ2) is 5.03. The fraction of sp³-hybridized carbons (Fsp3) is 0. The zero-order valence-corrected chi connectivity index (χ0v) is 9.25. The topological polar surface area (TPSA) is 61.3 Å². The van der Waals surface area contributed by atoms with Gasteiger partial charge in [-0.2, -0.15) is 0 Å². The summed E-state index contributed by atoms with van der Waals surface area (Å²) in [6, 6.07) is 18.5. The third kappa shape index (κ3) is 2.75. The summed E-state index contributed by atoms with van der Waals surface area (Å²) in [5.41, 5.74) is 7.19. The van der Waals surface area contributed by atoms with Crippen LogP contribution in [0.3, 0.4) is 0 Å². The van der Waals surface area contributed by atoms with Crippen LogP contribution in [0.1, 0.15) is 0 Å². The van der Waals surface area contributed by atoms with Gasteiger partial charge in [0.2, 0.25) is 0 Å². The Bertz CT molecular complexity index is 509. The largest absolute Gasteiger partial charge is 0.390 e. The quantitative estimate of drug-likeness (QED) is 0.243. The Morgan fingerprint density at radius 3 is 2.06 bits per heavy atom. The Kier molecular flexibility index (Phi) is 3.25. The summed E-state index contributed by atoms with van der Waals surface area (Å²) in [5, 5.41) is 12.8. The maximum Gasteiger partial charge on any atom is 0.390 e. The number of anilines is 1. The van der Waals surface area contributed by atoms with Crippen LogP contribution in [-0.2, 0) is 0 Å². The molecule has 0 saturated heterocycles. The van der Waals surface area contributed by atoms with Gasteiger partial charge in [0.25, 0.3) is 0 Å². The first-order valence-electron chi connectivity index (χ1n) is 5.26. The molecule has 0 atom stereocenters. The number of benzene rings is 2. The van der Waals surface area contributed by atoms with Crippen molar-refractivity contribution in [2.45, 2.75) is 0 Å². The molecule has 2 aromatic rings. The van der Waals surface area contributed by atoms with E-state index in [-0.39, 0.29) is 5.96 Å². The highest BCUT2D eigenvalue weighted by atomic mass is 16.5. The summed E-state index contributed by atoms with van der Waals surface area (Å²) in [5.74, 6) is 0.155. The molecule has 0 aliphatic carbocycles. The molecule has 0 radical (unpaired) electrons. The molecule has 17 heavy (non-hydrogen) atoms. The maximum atomic E-state index is 9.86. The molecular formula is C13H14N3O+. The summed E-state index contributed by atoms with van der Waals surface area (Å²) < 4.78 is 0.910. The van der Waals surface area contributed by atoms with E-state index in [1.807, 2.05) is 48.5 Å². The lowest BCUT2D eigenvalue weighted by atomic mass is 10.3. The number of nitrogens with two attached hydrogens (primary N) is 1. The number of nitrogens with zero attached hydrogens (tertiary/aromatic N) is 1. The zero-order chi connectivity index (χ0) is 12.1. The highest BCUT2D eigenvalue weighted by Gasteiger charge is 2.09. The molecule has 0 heterocycles. The van der Waals surface area contributed by atoms with Crippen molar-refractivity contribution in [3.8, 4) is 0 Å². The molecule has 4 heteroatoms. The third-order valence-electron chi connectivity index (χ3n) is 2.28. The van der Waals surface area contributed by atoms with Gasteiger partial charge in [-0.25, -0.2) is 5.32 Å². The van der Waals surface area contributed by atoms with E-state index in [9.17, 15) is 5.21 Å². The van der Waals surface area contributed by atoms with Gasteiger partial charge in [-0.05, 0) is 24.3 Å². The average molecular weight is 228 g/mol. The van der Waals surface area contributed by atoms with E-state index in [0.717, 1.165) is 10.4 Å². The molecule has 0 fully saturated rings. The lowest BCUT2D eigenvalue weighted by Crippen LogP contribution is -2.31. The van der Waals surface area contributed by atoms with Crippen LogP contribution in [0.5, 0.6) is 0 Å². The van der Waals surface area contributed by atoms with E-state index >= 15 is 0 Å². The predicted molar refractivity (Wildman–Crippen MR) is 67.4 cm³/mol. The Hall–Kier alpha value is -2.49. The van der Waals surface area contributed by atoms with Crippen molar-refractivity contribution in [3.63, 3.8) is 0 Å². The van der Waals surface area contributed by atoms with E-state index in [1.165, 1.54) is 0 Å². The smallest absolute Gasteiger partial charge is 0.371 e. The fourth-order valence-electron chi connectivity index (χ4n) is 1.43. The van der Waals surface area contributed by atoms with Crippen LogP contribution in [-0.4, -0.2) is 15.9 Å². The lowest BCUT2D eigenvalue weighted by Gasteiger charge is -2.03. The highest BCUT2D eigenvalue weighted by Crippen LogP contribution is 2.09. The first-order valence-corrected chi connectivity index (χ1v) is 5.26. The van der Waals surface area contributed by atoms with Crippen LogP contribution < -0.4 is 11.1 Å². The summed E-state index contributed by atoms with van der Waals surface area (Å²) in [6.45, 7) is 0. The first-order chi connectivity index (χ1) is 8.27. The molecule has 0 spiro atoms. The maximum absolute atomic E-state index is 9.86. The molecule has 2 rings (SSSR count). The molecule has 0 unspecified atom stereocenters. The minimum atomic E-state index is 0.155. The van der Waals surface area contributed by atoms with Gasteiger partial charge in [0.15, 0.2) is 0 Å². The van der Waals surface area contributed by atoms with Gasteiger partial charge in [0, 0.05) is 0 Å². The molecule has 0 aliphatic rings. The molecule has 4 N–H and O–H groups in total. The summed E-state index contributed by atoms with van der Waals surface area (Å²) in [7, 11) is 0. The first kappa shape index (κ1) is 11.0. The lowest BCUT2D eigenvalue weighted by molar-refractivity contribution is -0.713. The molecule has 4 nitrogen and oxygen atoms in total. The molecule has 0 aromatic heterocycles. The van der Waals surface area contributed by atoms with Crippen molar-refractivity contribution in [2.75, 3.05) is 5.32 Å². The standard InChI is InChI=1S/C13H13N3O/c14-13(15-11-7-3-1-4-8-11)16(17)12-9-5-2-6-10-12/h1-10,17H,(H2,14,15)/p+1. The Labute approximate surface area is 99.6 Å². The summed E-state index contributed by atoms with van der Waals surface area (Å²) in [4.78, 5) is 0. The van der Waals surface area contributed by atoms with Crippen molar-refractivity contribution in [2.24, 2.45) is 5.73 Å². The van der Waals surface area contributed by atoms with Crippen molar-refractivity contribution in [3.05, 3.63) is 60.7 Å². The van der Waals surface area contributed by atoms with Gasteiger partial charge in [0.1, 0.15) is 5.69 Å². The average Bonchev–Trinajstić information content (AvgIpc) is 2.40. The van der Waals surface area contributed by atoms with Crippen molar-refractivity contribution >= 4 is 17.3 Å². The van der Waals surface area contributed by atoms with Gasteiger partial charge < -0.3 is 5.21 Å². The molecule has 2 aromatic carbocycles. The number of guanidine groups is 1. The van der Waals surface area contributed by atoms with Gasteiger partial charge in [0.05, 0.1) is 5.69 Å². The molecule has 0 bridgehead atoms. The Morgan fingerprint density at radius 2 is 1.47 bits per heavy atom. The second-order valence-corrected chi connectivity index (χ2v) is 3.52. The van der Waals surface area contributed by atoms with Gasteiger partial charge >= 0.3 is 5.96 Å².